The maximum absolute atomic E-state index is 11.7. The molecule has 0 spiro atoms. The number of benzene rings is 1. The van der Waals surface area contributed by atoms with Gasteiger partial charge in [-0.3, -0.25) is 0 Å². The van der Waals surface area contributed by atoms with Crippen LogP contribution in [0.15, 0.2) is 35.4 Å². The summed E-state index contributed by atoms with van der Waals surface area (Å²) in [5, 5.41) is 3.84. The van der Waals surface area contributed by atoms with E-state index in [9.17, 15) is 9.59 Å². The zero-order valence-electron chi connectivity index (χ0n) is 14.7. The lowest BCUT2D eigenvalue weighted by Gasteiger charge is -2.09. The second kappa shape index (κ2) is 9.36. The Kier molecular flexibility index (Phi) is 6.90. The van der Waals surface area contributed by atoms with E-state index in [2.05, 4.69) is 16.7 Å². The molecule has 0 unspecified atom stereocenters. The molecule has 26 heavy (non-hydrogen) atoms. The summed E-state index contributed by atoms with van der Waals surface area (Å²) in [6.07, 6.45) is 1.43. The van der Waals surface area contributed by atoms with Crippen molar-refractivity contribution in [2.24, 2.45) is 0 Å². The van der Waals surface area contributed by atoms with Crippen LogP contribution in [-0.4, -0.2) is 35.5 Å². The highest BCUT2D eigenvalue weighted by Crippen LogP contribution is 2.24. The Labute approximate surface area is 150 Å². The molecule has 0 atom stereocenters. The van der Waals surface area contributed by atoms with Gasteiger partial charge in [0.05, 0.1) is 13.2 Å². The van der Waals surface area contributed by atoms with Crippen LogP contribution in [0.25, 0.3) is 11.4 Å². The minimum atomic E-state index is -0.792. The Morgan fingerprint density at radius 1 is 1.19 bits per heavy atom. The van der Waals surface area contributed by atoms with E-state index < -0.39 is 12.1 Å². The molecule has 1 heterocycles. The van der Waals surface area contributed by atoms with Crippen LogP contribution in [0.5, 0.6) is 5.75 Å². The predicted octanol–water partition coefficient (Wildman–Crippen LogP) is 3.38. The monoisotopic (exact) mass is 360 g/mol. The van der Waals surface area contributed by atoms with E-state index in [1.165, 1.54) is 0 Å². The van der Waals surface area contributed by atoms with Crippen LogP contribution in [-0.2, 0) is 14.3 Å². The highest BCUT2D eigenvalue weighted by atomic mass is 16.7. The summed E-state index contributed by atoms with van der Waals surface area (Å²) < 4.78 is 19.9. The molecule has 138 valence electrons. The summed E-state index contributed by atoms with van der Waals surface area (Å²) in [5.74, 6) is 0.858. The molecule has 0 aliphatic rings. The fourth-order valence-electron chi connectivity index (χ4n) is 2.03. The van der Waals surface area contributed by atoms with Gasteiger partial charge in [0.15, 0.2) is 0 Å². The van der Waals surface area contributed by atoms with Crippen molar-refractivity contribution in [2.45, 2.75) is 26.7 Å². The number of hydrogen-bond acceptors (Lipinski definition) is 8. The second-order valence-electron chi connectivity index (χ2n) is 5.40. The summed E-state index contributed by atoms with van der Waals surface area (Å²) in [6, 6.07) is 5.17. The Morgan fingerprint density at radius 3 is 2.54 bits per heavy atom. The Bertz CT molecular complexity index is 784. The van der Waals surface area contributed by atoms with Gasteiger partial charge in [0.2, 0.25) is 11.7 Å². The molecule has 0 fully saturated rings. The molecular weight excluding hydrogens is 340 g/mol. The van der Waals surface area contributed by atoms with Crippen LogP contribution >= 0.6 is 0 Å². The third kappa shape index (κ3) is 5.73. The molecule has 2 rings (SSSR count). The second-order valence-corrected chi connectivity index (χ2v) is 5.40. The van der Waals surface area contributed by atoms with Crippen LogP contribution in [0.4, 0.5) is 4.79 Å². The highest BCUT2D eigenvalue weighted by molar-refractivity contribution is 5.81. The van der Waals surface area contributed by atoms with Crippen molar-refractivity contribution in [1.29, 1.82) is 0 Å². The normalized spacial score (nSPS) is 10.2. The molecule has 0 aliphatic heterocycles. The Balaban J connectivity index is 1.76. The highest BCUT2D eigenvalue weighted by Gasteiger charge is 2.12. The van der Waals surface area contributed by atoms with E-state index in [4.69, 9.17) is 18.7 Å². The van der Waals surface area contributed by atoms with Gasteiger partial charge in [0.1, 0.15) is 5.75 Å². The zero-order chi connectivity index (χ0) is 18.9. The smallest absolute Gasteiger partial charge is 0.463 e. The molecule has 0 radical (unpaired) electrons. The molecule has 0 amide bonds. The summed E-state index contributed by atoms with van der Waals surface area (Å²) in [7, 11) is 0. The quantitative estimate of drug-likeness (QED) is 0.306. The summed E-state index contributed by atoms with van der Waals surface area (Å²) in [5.41, 5.74) is 1.49. The van der Waals surface area contributed by atoms with Crippen LogP contribution in [0, 0.1) is 13.8 Å². The summed E-state index contributed by atoms with van der Waals surface area (Å²) in [4.78, 5) is 26.7. The Morgan fingerprint density at radius 2 is 1.92 bits per heavy atom. The lowest BCUT2D eigenvalue weighted by Crippen LogP contribution is -2.12. The minimum absolute atomic E-state index is 0.170. The van der Waals surface area contributed by atoms with E-state index in [0.29, 0.717) is 30.3 Å². The van der Waals surface area contributed by atoms with Gasteiger partial charge in [-0.2, -0.15) is 4.98 Å². The van der Waals surface area contributed by atoms with E-state index in [0.717, 1.165) is 17.2 Å². The largest absolute Gasteiger partial charge is 0.513 e. The number of carbonyl (C=O) groups excluding carboxylic acids is 2. The molecule has 1 aromatic heterocycles. The van der Waals surface area contributed by atoms with Crippen molar-refractivity contribution >= 4 is 12.1 Å². The third-order valence-corrected chi connectivity index (χ3v) is 3.32. The third-order valence-electron chi connectivity index (χ3n) is 3.32. The summed E-state index contributed by atoms with van der Waals surface area (Å²) in [6.45, 7) is 7.22. The molecule has 0 N–H and O–H groups in total. The van der Waals surface area contributed by atoms with Gasteiger partial charge < -0.3 is 18.7 Å². The predicted molar refractivity (Wildman–Crippen MR) is 91.6 cm³/mol. The number of nitrogens with zero attached hydrogens (tertiary/aromatic N) is 2. The van der Waals surface area contributed by atoms with Gasteiger partial charge >= 0.3 is 12.1 Å². The van der Waals surface area contributed by atoms with Crippen molar-refractivity contribution in [3.63, 3.8) is 0 Å². The maximum Gasteiger partial charge on any atom is 0.513 e. The fourth-order valence-corrected chi connectivity index (χ4v) is 2.03. The first-order valence-electron chi connectivity index (χ1n) is 8.04. The number of carbonyl (C=O) groups is 2. The van der Waals surface area contributed by atoms with Gasteiger partial charge in [-0.05, 0) is 43.5 Å². The number of ether oxygens (including phenoxy) is 3. The first-order chi connectivity index (χ1) is 12.5. The van der Waals surface area contributed by atoms with Crippen LogP contribution in [0.2, 0.25) is 0 Å². The average molecular weight is 360 g/mol. The van der Waals surface area contributed by atoms with E-state index in [1.54, 1.807) is 32.0 Å². The number of unbranched alkanes of at least 4 members (excludes halogenated alkanes) is 1. The zero-order valence-corrected chi connectivity index (χ0v) is 14.7. The van der Waals surface area contributed by atoms with E-state index >= 15 is 0 Å². The number of aromatic nitrogens is 2. The molecule has 0 aliphatic carbocycles. The van der Waals surface area contributed by atoms with Gasteiger partial charge in [-0.25, -0.2) is 9.59 Å². The number of esters is 1. The molecule has 0 saturated carbocycles. The van der Waals surface area contributed by atoms with Gasteiger partial charge in [0, 0.05) is 18.6 Å². The van der Waals surface area contributed by atoms with Crippen LogP contribution in [0.3, 0.4) is 0 Å². The lowest BCUT2D eigenvalue weighted by atomic mass is 10.1. The topological polar surface area (TPSA) is 101 Å². The molecule has 8 nitrogen and oxygen atoms in total. The molecule has 2 aromatic rings. The molecule has 0 bridgehead atoms. The lowest BCUT2D eigenvalue weighted by molar-refractivity contribution is -0.137. The van der Waals surface area contributed by atoms with Crippen LogP contribution in [0.1, 0.15) is 24.3 Å². The SMILES string of the molecule is C=CC(=O)OCCCCOC(=O)Oc1ccc(-c2noc(C)n2)cc1C. The van der Waals surface area contributed by atoms with Crippen LogP contribution < -0.4 is 4.74 Å². The summed E-state index contributed by atoms with van der Waals surface area (Å²) >= 11 is 0. The molecule has 1 aromatic carbocycles. The first kappa shape index (κ1) is 19.2. The maximum atomic E-state index is 11.7. The number of rotatable bonds is 8. The minimum Gasteiger partial charge on any atom is -0.463 e. The average Bonchev–Trinajstić information content (AvgIpc) is 3.05. The molecule has 8 heteroatoms. The van der Waals surface area contributed by atoms with Gasteiger partial charge in [-0.15, -0.1) is 0 Å². The number of hydrogen-bond donors (Lipinski definition) is 0. The van der Waals surface area contributed by atoms with Gasteiger partial charge in [-0.1, -0.05) is 11.7 Å². The number of aryl methyl sites for hydroxylation is 2. The van der Waals surface area contributed by atoms with Crippen molar-refractivity contribution < 1.29 is 28.3 Å². The van der Waals surface area contributed by atoms with Crippen molar-refractivity contribution in [1.82, 2.24) is 10.1 Å². The van der Waals surface area contributed by atoms with Crippen molar-refractivity contribution in [2.75, 3.05) is 13.2 Å². The fraction of sp³-hybridized carbons (Fsp3) is 0.333. The van der Waals surface area contributed by atoms with Crippen molar-refractivity contribution in [3.8, 4) is 17.1 Å². The van der Waals surface area contributed by atoms with E-state index in [-0.39, 0.29) is 13.2 Å². The van der Waals surface area contributed by atoms with Gasteiger partial charge in [0.25, 0.3) is 0 Å². The van der Waals surface area contributed by atoms with E-state index in [1.807, 2.05) is 0 Å². The van der Waals surface area contributed by atoms with Crippen molar-refractivity contribution in [3.05, 3.63) is 42.3 Å². The standard InChI is InChI=1S/C18H20N2O6/c1-4-16(21)23-9-5-6-10-24-18(22)25-15-8-7-14(11-12(15)2)17-19-13(3)26-20-17/h4,7-8,11H,1,5-6,9-10H2,2-3H3. The first-order valence-corrected chi connectivity index (χ1v) is 8.04. The molecule has 0 saturated heterocycles. The molecular formula is C18H20N2O6. The Hall–Kier alpha value is -3.16.